The molecule has 1 saturated heterocycles. The highest BCUT2D eigenvalue weighted by Crippen LogP contribution is 2.30. The summed E-state index contributed by atoms with van der Waals surface area (Å²) < 4.78 is 5.20. The third-order valence-corrected chi connectivity index (χ3v) is 3.28. The Kier molecular flexibility index (Phi) is 4.11. The van der Waals surface area contributed by atoms with Crippen LogP contribution in [0, 0.1) is 5.41 Å². The average Bonchev–Trinajstić information content (AvgIpc) is 2.29. The second-order valence-electron chi connectivity index (χ2n) is 4.98. The van der Waals surface area contributed by atoms with E-state index in [1.165, 1.54) is 13.8 Å². The van der Waals surface area contributed by atoms with E-state index in [9.17, 15) is 9.59 Å². The molecule has 0 bridgehead atoms. The van der Waals surface area contributed by atoms with Crippen LogP contribution in [0.15, 0.2) is 0 Å². The minimum absolute atomic E-state index is 0.206. The predicted molar refractivity (Wildman–Crippen MR) is 61.4 cm³/mol. The Labute approximate surface area is 101 Å². The van der Waals surface area contributed by atoms with Gasteiger partial charge in [-0.1, -0.05) is 0 Å². The molecule has 0 atom stereocenters. The molecule has 0 unspecified atom stereocenters. The molecule has 0 aromatic carbocycles. The van der Waals surface area contributed by atoms with Gasteiger partial charge in [-0.3, -0.25) is 4.79 Å². The molecule has 0 radical (unpaired) electrons. The molecular formula is C11H20N2O4. The highest BCUT2D eigenvalue weighted by Gasteiger charge is 2.42. The maximum absolute atomic E-state index is 12.2. The number of carbonyl (C=O) groups is 2. The van der Waals surface area contributed by atoms with Crippen molar-refractivity contribution in [2.45, 2.75) is 32.2 Å². The standard InChI is InChI=1S/C11H20N2O4/c1-10(2,9(15)16)13-8(14)11(7-12)3-5-17-6-4-11/h3-7,12H2,1-2H3,(H,13,14)(H,15,16). The van der Waals surface area contributed by atoms with Gasteiger partial charge in [0.25, 0.3) is 0 Å². The summed E-state index contributed by atoms with van der Waals surface area (Å²) in [4.78, 5) is 23.1. The van der Waals surface area contributed by atoms with Crippen molar-refractivity contribution in [1.82, 2.24) is 5.32 Å². The lowest BCUT2D eigenvalue weighted by atomic mass is 9.78. The van der Waals surface area contributed by atoms with Gasteiger partial charge in [0.1, 0.15) is 5.54 Å². The molecular weight excluding hydrogens is 224 g/mol. The highest BCUT2D eigenvalue weighted by molar-refractivity contribution is 5.89. The largest absolute Gasteiger partial charge is 0.480 e. The molecule has 1 fully saturated rings. The first-order valence-corrected chi connectivity index (χ1v) is 5.68. The third-order valence-electron chi connectivity index (χ3n) is 3.28. The lowest BCUT2D eigenvalue weighted by Crippen LogP contribution is -2.57. The van der Waals surface area contributed by atoms with E-state index in [1.54, 1.807) is 0 Å². The summed E-state index contributed by atoms with van der Waals surface area (Å²) in [6.45, 7) is 4.09. The summed E-state index contributed by atoms with van der Waals surface area (Å²) >= 11 is 0. The lowest BCUT2D eigenvalue weighted by molar-refractivity contribution is -0.149. The van der Waals surface area contributed by atoms with Gasteiger partial charge >= 0.3 is 5.97 Å². The highest BCUT2D eigenvalue weighted by atomic mass is 16.5. The molecule has 0 aliphatic carbocycles. The Bertz CT molecular complexity index is 309. The lowest BCUT2D eigenvalue weighted by Gasteiger charge is -2.36. The van der Waals surface area contributed by atoms with Crippen molar-refractivity contribution < 1.29 is 19.4 Å². The fourth-order valence-corrected chi connectivity index (χ4v) is 1.76. The van der Waals surface area contributed by atoms with Gasteiger partial charge in [-0.05, 0) is 26.7 Å². The number of nitrogens with two attached hydrogens (primary N) is 1. The number of aliphatic carboxylic acids is 1. The van der Waals surface area contributed by atoms with Gasteiger partial charge in [0.05, 0.1) is 5.41 Å². The monoisotopic (exact) mass is 244 g/mol. The van der Waals surface area contributed by atoms with Crippen LogP contribution < -0.4 is 11.1 Å². The SMILES string of the molecule is CC(C)(NC(=O)C1(CN)CCOCC1)C(=O)O. The van der Waals surface area contributed by atoms with Crippen LogP contribution in [-0.2, 0) is 14.3 Å². The van der Waals surface area contributed by atoms with Crippen molar-refractivity contribution in [2.24, 2.45) is 11.1 Å². The Hall–Kier alpha value is -1.14. The number of ether oxygens (including phenoxy) is 1. The Morgan fingerprint density at radius 2 is 1.94 bits per heavy atom. The van der Waals surface area contributed by atoms with E-state index < -0.39 is 16.9 Å². The fourth-order valence-electron chi connectivity index (χ4n) is 1.76. The Morgan fingerprint density at radius 1 is 1.41 bits per heavy atom. The van der Waals surface area contributed by atoms with Crippen LogP contribution in [-0.4, -0.2) is 42.3 Å². The Morgan fingerprint density at radius 3 is 2.35 bits per heavy atom. The van der Waals surface area contributed by atoms with E-state index in [4.69, 9.17) is 15.6 Å². The van der Waals surface area contributed by atoms with E-state index in [0.717, 1.165) is 0 Å². The molecule has 0 aromatic heterocycles. The van der Waals surface area contributed by atoms with Gasteiger partial charge in [-0.15, -0.1) is 0 Å². The molecule has 98 valence electrons. The first-order chi connectivity index (χ1) is 7.84. The summed E-state index contributed by atoms with van der Waals surface area (Å²) in [7, 11) is 0. The molecule has 6 heteroatoms. The van der Waals surface area contributed by atoms with E-state index in [2.05, 4.69) is 5.32 Å². The molecule has 0 aromatic rings. The zero-order valence-corrected chi connectivity index (χ0v) is 10.3. The van der Waals surface area contributed by atoms with Crippen LogP contribution in [0.5, 0.6) is 0 Å². The topological polar surface area (TPSA) is 102 Å². The summed E-state index contributed by atoms with van der Waals surface area (Å²) in [6.07, 6.45) is 1.07. The fraction of sp³-hybridized carbons (Fsp3) is 0.818. The number of hydrogen-bond acceptors (Lipinski definition) is 4. The molecule has 6 nitrogen and oxygen atoms in total. The normalized spacial score (nSPS) is 19.7. The van der Waals surface area contributed by atoms with Crippen LogP contribution in [0.25, 0.3) is 0 Å². The molecule has 1 rings (SSSR count). The molecule has 1 aliphatic rings. The molecule has 1 heterocycles. The number of carboxylic acids is 1. The number of nitrogens with one attached hydrogen (secondary N) is 1. The van der Waals surface area contributed by atoms with Crippen LogP contribution in [0.3, 0.4) is 0 Å². The quantitative estimate of drug-likeness (QED) is 0.631. The van der Waals surface area contributed by atoms with Gasteiger partial charge in [-0.2, -0.15) is 0 Å². The van der Waals surface area contributed by atoms with Gasteiger partial charge in [-0.25, -0.2) is 4.79 Å². The van der Waals surface area contributed by atoms with Gasteiger partial charge in [0.2, 0.25) is 5.91 Å². The maximum atomic E-state index is 12.2. The molecule has 17 heavy (non-hydrogen) atoms. The second kappa shape index (κ2) is 5.01. The van der Waals surface area contributed by atoms with Gasteiger partial charge < -0.3 is 20.9 Å². The molecule has 1 amide bonds. The minimum atomic E-state index is -1.28. The number of carbonyl (C=O) groups excluding carboxylic acids is 1. The van der Waals surface area contributed by atoms with Crippen molar-refractivity contribution in [3.05, 3.63) is 0 Å². The van der Waals surface area contributed by atoms with E-state index in [-0.39, 0.29) is 12.5 Å². The predicted octanol–water partition coefficient (Wildman–Crippen LogP) is -0.279. The molecule has 0 spiro atoms. The van der Waals surface area contributed by atoms with Crippen molar-refractivity contribution in [3.63, 3.8) is 0 Å². The summed E-state index contributed by atoms with van der Waals surface area (Å²) in [5, 5.41) is 11.5. The second-order valence-corrected chi connectivity index (χ2v) is 4.98. The van der Waals surface area contributed by atoms with Crippen LogP contribution in [0.4, 0.5) is 0 Å². The van der Waals surface area contributed by atoms with Crippen molar-refractivity contribution in [3.8, 4) is 0 Å². The first kappa shape index (κ1) is 13.9. The van der Waals surface area contributed by atoms with Crippen molar-refractivity contribution >= 4 is 11.9 Å². The third kappa shape index (κ3) is 2.95. The Balaban J connectivity index is 2.76. The number of hydrogen-bond donors (Lipinski definition) is 3. The molecule has 4 N–H and O–H groups in total. The smallest absolute Gasteiger partial charge is 0.328 e. The molecule has 0 saturated carbocycles. The summed E-state index contributed by atoms with van der Waals surface area (Å²) in [5.41, 5.74) is 3.70. The number of rotatable bonds is 4. The van der Waals surface area contributed by atoms with E-state index in [0.29, 0.717) is 26.1 Å². The number of amides is 1. The van der Waals surface area contributed by atoms with Crippen molar-refractivity contribution in [2.75, 3.05) is 19.8 Å². The zero-order valence-electron chi connectivity index (χ0n) is 10.3. The zero-order chi connectivity index (χ0) is 13.1. The van der Waals surface area contributed by atoms with E-state index >= 15 is 0 Å². The summed E-state index contributed by atoms with van der Waals surface area (Å²) in [5.74, 6) is -1.36. The van der Waals surface area contributed by atoms with Crippen molar-refractivity contribution in [1.29, 1.82) is 0 Å². The number of carboxylic acid groups (broad SMARTS) is 1. The molecule has 1 aliphatic heterocycles. The van der Waals surface area contributed by atoms with E-state index in [1.807, 2.05) is 0 Å². The van der Waals surface area contributed by atoms with Crippen LogP contribution in [0.1, 0.15) is 26.7 Å². The van der Waals surface area contributed by atoms with Crippen LogP contribution in [0.2, 0.25) is 0 Å². The average molecular weight is 244 g/mol. The minimum Gasteiger partial charge on any atom is -0.480 e. The van der Waals surface area contributed by atoms with Crippen LogP contribution >= 0.6 is 0 Å². The summed E-state index contributed by atoms with van der Waals surface area (Å²) in [6, 6.07) is 0. The maximum Gasteiger partial charge on any atom is 0.328 e. The van der Waals surface area contributed by atoms with Gasteiger partial charge in [0.15, 0.2) is 0 Å². The first-order valence-electron chi connectivity index (χ1n) is 5.68. The van der Waals surface area contributed by atoms with Gasteiger partial charge in [0, 0.05) is 19.8 Å².